The Morgan fingerprint density at radius 2 is 2.00 bits per heavy atom. The minimum atomic E-state index is 0.997. The summed E-state index contributed by atoms with van der Waals surface area (Å²) in [4.78, 5) is 2.55. The molecule has 1 N–H and O–H groups in total. The largest absolute Gasteiger partial charge is 0.384 e. The molecule has 2 rings (SSSR count). The van der Waals surface area contributed by atoms with E-state index in [1.165, 1.54) is 31.6 Å². The van der Waals surface area contributed by atoms with E-state index in [1.807, 2.05) is 0 Å². The summed E-state index contributed by atoms with van der Waals surface area (Å²) in [7, 11) is 0. The van der Waals surface area contributed by atoms with Gasteiger partial charge in [-0.1, -0.05) is 25.1 Å². The highest BCUT2D eigenvalue weighted by Crippen LogP contribution is 2.29. The molecule has 1 aromatic carbocycles. The summed E-state index contributed by atoms with van der Waals surface area (Å²) < 4.78 is 0. The van der Waals surface area contributed by atoms with Crippen molar-refractivity contribution >= 4 is 5.69 Å². The third kappa shape index (κ3) is 3.86. The van der Waals surface area contributed by atoms with Crippen molar-refractivity contribution in [1.29, 1.82) is 0 Å². The number of nitrogens with zero attached hydrogens (tertiary/aromatic N) is 1. The molecule has 1 aliphatic rings. The predicted molar refractivity (Wildman–Crippen MR) is 69.8 cm³/mol. The van der Waals surface area contributed by atoms with Gasteiger partial charge in [-0.05, 0) is 37.4 Å². The SMILES string of the molecule is CCN(CCNc1ccccc1)CC1CC1. The Balaban J connectivity index is 1.65. The van der Waals surface area contributed by atoms with E-state index in [-0.39, 0.29) is 0 Å². The molecule has 2 heteroatoms. The van der Waals surface area contributed by atoms with Gasteiger partial charge in [-0.3, -0.25) is 0 Å². The normalized spacial score (nSPS) is 15.4. The third-order valence-electron chi connectivity index (χ3n) is 3.19. The highest BCUT2D eigenvalue weighted by atomic mass is 15.1. The lowest BCUT2D eigenvalue weighted by atomic mass is 10.3. The quantitative estimate of drug-likeness (QED) is 0.757. The molecule has 0 spiro atoms. The maximum Gasteiger partial charge on any atom is 0.0340 e. The zero-order valence-electron chi connectivity index (χ0n) is 10.2. The van der Waals surface area contributed by atoms with Gasteiger partial charge in [0.1, 0.15) is 0 Å². The summed E-state index contributed by atoms with van der Waals surface area (Å²) in [6, 6.07) is 10.4. The average Bonchev–Trinajstić information content (AvgIpc) is 3.13. The van der Waals surface area contributed by atoms with E-state index < -0.39 is 0 Å². The summed E-state index contributed by atoms with van der Waals surface area (Å²) in [6.07, 6.45) is 2.89. The first kappa shape index (κ1) is 11.5. The lowest BCUT2D eigenvalue weighted by Crippen LogP contribution is -2.30. The molecule has 1 aliphatic carbocycles. The fourth-order valence-electron chi connectivity index (χ4n) is 1.96. The van der Waals surface area contributed by atoms with E-state index in [0.29, 0.717) is 0 Å². The molecule has 0 atom stereocenters. The standard InChI is InChI=1S/C14H22N2/c1-2-16(12-13-8-9-13)11-10-15-14-6-4-3-5-7-14/h3-7,13,15H,2,8-12H2,1H3. The second-order valence-electron chi connectivity index (χ2n) is 4.63. The summed E-state index contributed by atoms with van der Waals surface area (Å²) in [5.74, 6) is 0.997. The molecule has 0 unspecified atom stereocenters. The first-order chi connectivity index (χ1) is 7.88. The van der Waals surface area contributed by atoms with E-state index >= 15 is 0 Å². The van der Waals surface area contributed by atoms with Crippen molar-refractivity contribution in [2.45, 2.75) is 19.8 Å². The molecule has 16 heavy (non-hydrogen) atoms. The predicted octanol–water partition coefficient (Wildman–Crippen LogP) is 2.83. The summed E-state index contributed by atoms with van der Waals surface area (Å²) in [6.45, 7) is 6.93. The van der Waals surface area contributed by atoms with Crippen LogP contribution in [0.3, 0.4) is 0 Å². The summed E-state index contributed by atoms with van der Waals surface area (Å²) >= 11 is 0. The fraction of sp³-hybridized carbons (Fsp3) is 0.571. The van der Waals surface area contributed by atoms with Gasteiger partial charge in [-0.25, -0.2) is 0 Å². The number of anilines is 1. The van der Waals surface area contributed by atoms with Crippen LogP contribution in [0, 0.1) is 5.92 Å². The highest BCUT2D eigenvalue weighted by molar-refractivity contribution is 5.42. The van der Waals surface area contributed by atoms with E-state index in [2.05, 4.69) is 47.5 Å². The van der Waals surface area contributed by atoms with Crippen LogP contribution in [0.1, 0.15) is 19.8 Å². The molecule has 88 valence electrons. The van der Waals surface area contributed by atoms with Crippen LogP contribution in [0.15, 0.2) is 30.3 Å². The first-order valence-corrected chi connectivity index (χ1v) is 6.39. The van der Waals surface area contributed by atoms with Crippen LogP contribution >= 0.6 is 0 Å². The van der Waals surface area contributed by atoms with Crippen molar-refractivity contribution in [2.75, 3.05) is 31.5 Å². The number of para-hydroxylation sites is 1. The number of rotatable bonds is 7. The van der Waals surface area contributed by atoms with Crippen molar-refractivity contribution in [2.24, 2.45) is 5.92 Å². The van der Waals surface area contributed by atoms with E-state index in [4.69, 9.17) is 0 Å². The molecule has 0 heterocycles. The molecular formula is C14H22N2. The van der Waals surface area contributed by atoms with Gasteiger partial charge in [-0.15, -0.1) is 0 Å². The maximum absolute atomic E-state index is 3.46. The topological polar surface area (TPSA) is 15.3 Å². The van der Waals surface area contributed by atoms with Gasteiger partial charge in [-0.2, -0.15) is 0 Å². The van der Waals surface area contributed by atoms with Crippen molar-refractivity contribution in [3.63, 3.8) is 0 Å². The van der Waals surface area contributed by atoms with Crippen LogP contribution in [0.4, 0.5) is 5.69 Å². The zero-order chi connectivity index (χ0) is 11.2. The van der Waals surface area contributed by atoms with Crippen molar-refractivity contribution in [3.8, 4) is 0 Å². The van der Waals surface area contributed by atoms with Gasteiger partial charge in [0, 0.05) is 25.3 Å². The van der Waals surface area contributed by atoms with Gasteiger partial charge < -0.3 is 10.2 Å². The minimum absolute atomic E-state index is 0.997. The number of nitrogens with one attached hydrogen (secondary N) is 1. The lowest BCUT2D eigenvalue weighted by Gasteiger charge is -2.20. The smallest absolute Gasteiger partial charge is 0.0340 e. The van der Waals surface area contributed by atoms with Crippen LogP contribution in [0.25, 0.3) is 0 Å². The monoisotopic (exact) mass is 218 g/mol. The van der Waals surface area contributed by atoms with Crippen LogP contribution in [0.5, 0.6) is 0 Å². The molecule has 0 bridgehead atoms. The molecule has 0 aromatic heterocycles. The Hall–Kier alpha value is -1.02. The van der Waals surface area contributed by atoms with Crippen LogP contribution in [0.2, 0.25) is 0 Å². The van der Waals surface area contributed by atoms with Gasteiger partial charge in [0.15, 0.2) is 0 Å². The van der Waals surface area contributed by atoms with Gasteiger partial charge in [0.25, 0.3) is 0 Å². The Morgan fingerprint density at radius 3 is 2.62 bits per heavy atom. The molecular weight excluding hydrogens is 196 g/mol. The van der Waals surface area contributed by atoms with Crippen molar-refractivity contribution in [3.05, 3.63) is 30.3 Å². The molecule has 0 amide bonds. The average molecular weight is 218 g/mol. The molecule has 0 radical (unpaired) electrons. The van der Waals surface area contributed by atoms with Crippen LogP contribution in [-0.4, -0.2) is 31.1 Å². The van der Waals surface area contributed by atoms with Crippen LogP contribution in [-0.2, 0) is 0 Å². The molecule has 0 aliphatic heterocycles. The van der Waals surface area contributed by atoms with Gasteiger partial charge in [0.2, 0.25) is 0 Å². The summed E-state index contributed by atoms with van der Waals surface area (Å²) in [5.41, 5.74) is 1.23. The fourth-order valence-corrected chi connectivity index (χ4v) is 1.96. The van der Waals surface area contributed by atoms with Crippen molar-refractivity contribution in [1.82, 2.24) is 4.90 Å². The molecule has 1 saturated carbocycles. The van der Waals surface area contributed by atoms with Crippen LogP contribution < -0.4 is 5.32 Å². The van der Waals surface area contributed by atoms with Gasteiger partial charge >= 0.3 is 0 Å². The zero-order valence-corrected chi connectivity index (χ0v) is 10.2. The second kappa shape index (κ2) is 5.90. The Labute approximate surface area is 98.7 Å². The summed E-state index contributed by atoms with van der Waals surface area (Å²) in [5, 5.41) is 3.46. The highest BCUT2D eigenvalue weighted by Gasteiger charge is 2.23. The Kier molecular flexibility index (Phi) is 4.23. The molecule has 1 fully saturated rings. The van der Waals surface area contributed by atoms with E-state index in [9.17, 15) is 0 Å². The maximum atomic E-state index is 3.46. The van der Waals surface area contributed by atoms with Gasteiger partial charge in [0.05, 0.1) is 0 Å². The van der Waals surface area contributed by atoms with E-state index in [0.717, 1.165) is 19.0 Å². The first-order valence-electron chi connectivity index (χ1n) is 6.39. The Bertz CT molecular complexity index is 293. The number of likely N-dealkylation sites (N-methyl/N-ethyl adjacent to an activating group) is 1. The molecule has 1 aromatic rings. The molecule has 0 saturated heterocycles. The lowest BCUT2D eigenvalue weighted by molar-refractivity contribution is 0.287. The Morgan fingerprint density at radius 1 is 1.25 bits per heavy atom. The number of hydrogen-bond donors (Lipinski definition) is 1. The number of hydrogen-bond acceptors (Lipinski definition) is 2. The van der Waals surface area contributed by atoms with Crippen molar-refractivity contribution < 1.29 is 0 Å². The van der Waals surface area contributed by atoms with E-state index in [1.54, 1.807) is 0 Å². The second-order valence-corrected chi connectivity index (χ2v) is 4.63. The number of benzene rings is 1. The molecule has 2 nitrogen and oxygen atoms in total. The minimum Gasteiger partial charge on any atom is -0.384 e. The third-order valence-corrected chi connectivity index (χ3v) is 3.19.